The smallest absolute Gasteiger partial charge is 0.104 e. The summed E-state index contributed by atoms with van der Waals surface area (Å²) < 4.78 is 44.8. The van der Waals surface area contributed by atoms with Crippen LogP contribution in [0.5, 0.6) is 0 Å². The topological polar surface area (TPSA) is 437 Å². The van der Waals surface area contributed by atoms with E-state index in [1.807, 2.05) is 6.92 Å². The maximum Gasteiger partial charge on any atom is 0.104 e. The van der Waals surface area contributed by atoms with Crippen molar-refractivity contribution in [1.82, 2.24) is 10.6 Å². The standard InChI is InChI=1S/C28H60N2O15.C16H28O5.C4H11NO3/c1-2-25(19-43-7-22(40)3-4-26(10-31,11-32)12-33,20-44-8-23(41)5-29-27(13-34,14-35)15-36)21-45-9-24(42)6-30-28(16-37,17-38)18-39;1-2-16(5-3-4-13-8-19-13,11-17-6-14-9-20-14)12-18-7-15-10-21-15;5-4(1-6,2-7)3-8/h22-24,29-42H,2-21H2,1H3;13-15H,2-12H2,1H3;6-8H,1-3,5H2. The second-order valence-electron chi connectivity index (χ2n) is 20.6. The molecular formula is C48H99N3O23. The van der Waals surface area contributed by atoms with Crippen LogP contribution in [0.3, 0.4) is 0 Å². The Morgan fingerprint density at radius 2 is 0.811 bits per heavy atom. The number of hydrogen-bond acceptors (Lipinski definition) is 26. The first kappa shape index (κ1) is 71.0. The fraction of sp³-hybridized carbons (Fsp3) is 1.00. The molecule has 3 rings (SSSR count). The third-order valence-corrected chi connectivity index (χ3v) is 13.7. The molecule has 0 spiro atoms. The third-order valence-electron chi connectivity index (χ3n) is 13.7. The molecule has 0 bridgehead atoms. The first-order valence-corrected chi connectivity index (χ1v) is 25.8. The van der Waals surface area contributed by atoms with Crippen LogP contribution in [0.15, 0.2) is 0 Å². The van der Waals surface area contributed by atoms with Gasteiger partial charge < -0.3 is 131 Å². The first-order chi connectivity index (χ1) is 35.4. The number of epoxide rings is 3. The maximum atomic E-state index is 10.4. The highest BCUT2D eigenvalue weighted by molar-refractivity contribution is 4.89. The summed E-state index contributed by atoms with van der Waals surface area (Å²) in [6.07, 6.45) is 3.37. The molecule has 0 aliphatic carbocycles. The number of nitrogens with two attached hydrogens (primary N) is 1. The van der Waals surface area contributed by atoms with Gasteiger partial charge in [0.15, 0.2) is 0 Å². The minimum absolute atomic E-state index is 0.0153. The van der Waals surface area contributed by atoms with Crippen LogP contribution in [0.2, 0.25) is 0 Å². The van der Waals surface area contributed by atoms with Gasteiger partial charge in [-0.05, 0) is 38.5 Å². The van der Waals surface area contributed by atoms with Gasteiger partial charge >= 0.3 is 0 Å². The van der Waals surface area contributed by atoms with Crippen LogP contribution in [0.1, 0.15) is 58.8 Å². The van der Waals surface area contributed by atoms with E-state index in [0.717, 1.165) is 59.1 Å². The quantitative estimate of drug-likeness (QED) is 0.0252. The highest BCUT2D eigenvalue weighted by Gasteiger charge is 2.36. The zero-order valence-electron chi connectivity index (χ0n) is 44.1. The second kappa shape index (κ2) is 38.5. The van der Waals surface area contributed by atoms with Crippen LogP contribution in [0.25, 0.3) is 0 Å². The van der Waals surface area contributed by atoms with Gasteiger partial charge in [0.25, 0.3) is 0 Å². The van der Waals surface area contributed by atoms with Gasteiger partial charge in [0.2, 0.25) is 0 Å². The summed E-state index contributed by atoms with van der Waals surface area (Å²) in [5.41, 5.74) is -0.629. The summed E-state index contributed by atoms with van der Waals surface area (Å²) in [5.74, 6) is 0. The van der Waals surface area contributed by atoms with Crippen LogP contribution in [-0.2, 0) is 37.9 Å². The van der Waals surface area contributed by atoms with E-state index in [1.54, 1.807) is 0 Å². The van der Waals surface area contributed by atoms with E-state index < -0.39 is 125 Å². The van der Waals surface area contributed by atoms with E-state index in [9.17, 15) is 61.3 Å². The molecule has 444 valence electrons. The van der Waals surface area contributed by atoms with E-state index in [0.29, 0.717) is 24.7 Å². The van der Waals surface area contributed by atoms with Crippen molar-refractivity contribution in [3.8, 4) is 0 Å². The molecule has 3 fully saturated rings. The molecule has 0 aromatic heterocycles. The normalized spacial score (nSPS) is 20.6. The van der Waals surface area contributed by atoms with Crippen molar-refractivity contribution in [2.45, 2.75) is 112 Å². The second-order valence-corrected chi connectivity index (χ2v) is 20.6. The Kier molecular flexibility index (Phi) is 37.0. The van der Waals surface area contributed by atoms with Gasteiger partial charge in [0, 0.05) is 29.3 Å². The lowest BCUT2D eigenvalue weighted by molar-refractivity contribution is -0.102. The van der Waals surface area contributed by atoms with E-state index in [2.05, 4.69) is 17.6 Å². The summed E-state index contributed by atoms with van der Waals surface area (Å²) in [6.45, 7) is 3.19. The highest BCUT2D eigenvalue weighted by atomic mass is 16.6. The zero-order chi connectivity index (χ0) is 55.6. The fourth-order valence-corrected chi connectivity index (χ4v) is 6.83. The van der Waals surface area contributed by atoms with E-state index >= 15 is 0 Å². The van der Waals surface area contributed by atoms with Gasteiger partial charge in [-0.1, -0.05) is 20.3 Å². The molecule has 74 heavy (non-hydrogen) atoms. The third kappa shape index (κ3) is 28.7. The van der Waals surface area contributed by atoms with E-state index in [1.165, 1.54) is 12.8 Å². The number of β-amino-alcohol motifs (C(OH)–C–C–N with tert-alkyl or cyclic N) is 2. The molecule has 0 aromatic rings. The van der Waals surface area contributed by atoms with Crippen molar-refractivity contribution in [2.75, 3.05) is 178 Å². The van der Waals surface area contributed by atoms with Crippen LogP contribution in [0, 0.1) is 16.2 Å². The molecule has 3 heterocycles. The van der Waals surface area contributed by atoms with E-state index in [-0.39, 0.29) is 71.0 Å². The lowest BCUT2D eigenvalue weighted by Gasteiger charge is -2.34. The lowest BCUT2D eigenvalue weighted by atomic mass is 9.81. The Morgan fingerprint density at radius 3 is 1.11 bits per heavy atom. The van der Waals surface area contributed by atoms with Crippen LogP contribution < -0.4 is 16.4 Å². The minimum Gasteiger partial charge on any atom is -0.396 e. The van der Waals surface area contributed by atoms with Gasteiger partial charge in [0.1, 0.15) is 12.2 Å². The molecule has 3 aliphatic rings. The summed E-state index contributed by atoms with van der Waals surface area (Å²) in [7, 11) is 0. The summed E-state index contributed by atoms with van der Waals surface area (Å²) in [6, 6.07) is 0. The van der Waals surface area contributed by atoms with Crippen molar-refractivity contribution in [1.29, 1.82) is 0 Å². The highest BCUT2D eigenvalue weighted by Crippen LogP contribution is 2.33. The van der Waals surface area contributed by atoms with Crippen molar-refractivity contribution in [3.63, 3.8) is 0 Å². The molecular weight excluding hydrogens is 987 g/mol. The van der Waals surface area contributed by atoms with Crippen molar-refractivity contribution in [2.24, 2.45) is 22.0 Å². The van der Waals surface area contributed by atoms with Crippen molar-refractivity contribution in [3.05, 3.63) is 0 Å². The molecule has 0 saturated carbocycles. The number of hydrogen-bond donors (Lipinski definition) is 18. The molecule has 26 nitrogen and oxygen atoms in total. The lowest BCUT2D eigenvalue weighted by Crippen LogP contribution is -2.57. The molecule has 19 N–H and O–H groups in total. The van der Waals surface area contributed by atoms with Gasteiger partial charge in [-0.3, -0.25) is 0 Å². The van der Waals surface area contributed by atoms with E-state index in [4.69, 9.17) is 58.9 Å². The Hall–Kier alpha value is -1.04. The first-order valence-electron chi connectivity index (χ1n) is 25.8. The average Bonchev–Trinajstić information content (AvgIpc) is 4.28. The van der Waals surface area contributed by atoms with Gasteiger partial charge in [-0.25, -0.2) is 0 Å². The Morgan fingerprint density at radius 1 is 0.459 bits per heavy atom. The Balaban J connectivity index is 0.000000761. The number of rotatable bonds is 47. The number of ether oxygens (including phenoxy) is 8. The number of nitrogens with one attached hydrogen (secondary N) is 2. The van der Waals surface area contributed by atoms with Gasteiger partial charge in [-0.15, -0.1) is 0 Å². The van der Waals surface area contributed by atoms with Crippen LogP contribution in [0.4, 0.5) is 0 Å². The molecule has 6 unspecified atom stereocenters. The average molecular weight is 1090 g/mol. The summed E-state index contributed by atoms with van der Waals surface area (Å²) in [5, 5.41) is 147. The molecule has 3 aliphatic heterocycles. The molecule has 6 atom stereocenters. The van der Waals surface area contributed by atoms with Crippen LogP contribution >= 0.6 is 0 Å². The van der Waals surface area contributed by atoms with Crippen LogP contribution in [-0.4, -0.2) is 308 Å². The minimum atomic E-state index is -1.37. The predicted molar refractivity (Wildman–Crippen MR) is 266 cm³/mol. The van der Waals surface area contributed by atoms with Crippen molar-refractivity contribution < 1.29 is 114 Å². The number of aliphatic hydroxyl groups excluding tert-OH is 15. The van der Waals surface area contributed by atoms with Gasteiger partial charge in [0.05, 0.1) is 206 Å². The summed E-state index contributed by atoms with van der Waals surface area (Å²) >= 11 is 0. The van der Waals surface area contributed by atoms with Crippen molar-refractivity contribution >= 4 is 0 Å². The largest absolute Gasteiger partial charge is 0.396 e. The molecule has 26 heteroatoms. The van der Waals surface area contributed by atoms with Gasteiger partial charge in [-0.2, -0.15) is 0 Å². The fourth-order valence-electron chi connectivity index (χ4n) is 6.83. The predicted octanol–water partition coefficient (Wildman–Crippen LogP) is -6.69. The summed E-state index contributed by atoms with van der Waals surface area (Å²) in [4.78, 5) is 0. The monoisotopic (exact) mass is 1090 g/mol. The Bertz CT molecular complexity index is 1170. The Labute approximate surface area is 436 Å². The molecule has 0 aromatic carbocycles. The molecule has 0 amide bonds. The SMILES string of the molecule is CCC(CCCC1CO1)(COCC1CO1)COCC1CO1.CCC(COCC(O)CCC(CO)(CO)CO)(COCC(O)CNC(CO)(CO)CO)COCC(O)CNC(CO)(CO)CO.NC(CO)(CO)CO. The molecule has 0 radical (unpaired) electrons. The maximum absolute atomic E-state index is 10.4. The molecule has 3 saturated heterocycles. The number of aliphatic hydroxyl groups is 15. The zero-order valence-corrected chi connectivity index (χ0v) is 44.1.